The van der Waals surface area contributed by atoms with Crippen LogP contribution in [0.15, 0.2) is 61.1 Å². The van der Waals surface area contributed by atoms with E-state index >= 15 is 0 Å². The topological polar surface area (TPSA) is 55.1 Å². The second kappa shape index (κ2) is 6.70. The molecule has 0 spiro atoms. The first kappa shape index (κ1) is 15.9. The lowest BCUT2D eigenvalue weighted by molar-refractivity contribution is 0.928. The molecular weight excluding hydrogens is 357 g/mol. The van der Waals surface area contributed by atoms with Crippen LogP contribution in [-0.4, -0.2) is 19.6 Å². The van der Waals surface area contributed by atoms with E-state index in [1.807, 2.05) is 36.4 Å². The van der Waals surface area contributed by atoms with Crippen LogP contribution < -0.4 is 5.32 Å². The van der Waals surface area contributed by atoms with Crippen molar-refractivity contribution >= 4 is 34.7 Å². The molecule has 124 valence electrons. The summed E-state index contributed by atoms with van der Waals surface area (Å²) in [6.45, 7) is 0.661. The van der Waals surface area contributed by atoms with E-state index in [1.54, 1.807) is 29.2 Å². The Morgan fingerprint density at radius 3 is 2.68 bits per heavy atom. The molecule has 0 bridgehead atoms. The van der Waals surface area contributed by atoms with E-state index in [4.69, 9.17) is 23.2 Å². The number of pyridine rings is 1. The molecule has 7 heteroatoms. The Balaban J connectivity index is 1.70. The third-order valence-electron chi connectivity index (χ3n) is 3.81. The number of anilines is 1. The van der Waals surface area contributed by atoms with Crippen LogP contribution in [0.4, 0.5) is 5.82 Å². The molecule has 0 saturated heterocycles. The molecule has 25 heavy (non-hydrogen) atoms. The Kier molecular flexibility index (Phi) is 4.26. The van der Waals surface area contributed by atoms with E-state index in [-0.39, 0.29) is 0 Å². The van der Waals surface area contributed by atoms with Crippen molar-refractivity contribution in [3.8, 4) is 11.3 Å². The van der Waals surface area contributed by atoms with Crippen molar-refractivity contribution < 1.29 is 0 Å². The molecule has 0 fully saturated rings. The Morgan fingerprint density at radius 2 is 1.84 bits per heavy atom. The highest BCUT2D eigenvalue weighted by Gasteiger charge is 2.12. The first-order valence-corrected chi connectivity index (χ1v) is 8.40. The quantitative estimate of drug-likeness (QED) is 0.565. The molecule has 4 aromatic rings. The van der Waals surface area contributed by atoms with E-state index in [0.29, 0.717) is 16.6 Å². The van der Waals surface area contributed by atoms with Gasteiger partial charge in [-0.3, -0.25) is 4.98 Å². The van der Waals surface area contributed by atoms with E-state index in [1.165, 1.54) is 0 Å². The molecule has 1 N–H and O–H groups in total. The number of aromatic nitrogens is 4. The fraction of sp³-hybridized carbons (Fsp3) is 0.0556. The lowest BCUT2D eigenvalue weighted by Crippen LogP contribution is -2.05. The lowest BCUT2D eigenvalue weighted by Gasteiger charge is -2.07. The standard InChI is InChI=1S/C18H13Cl2N5/c19-14-3-1-2-13(18(14)20)15-10-17-22-9-6-16(25(17)24-15)23-11-12-4-7-21-8-5-12/h1-10,23H,11H2. The van der Waals surface area contributed by atoms with E-state index in [9.17, 15) is 0 Å². The molecule has 0 atom stereocenters. The Labute approximate surface area is 154 Å². The highest BCUT2D eigenvalue weighted by molar-refractivity contribution is 6.43. The normalized spacial score (nSPS) is 11.0. The van der Waals surface area contributed by atoms with E-state index in [2.05, 4.69) is 20.4 Å². The number of halogens is 2. The van der Waals surface area contributed by atoms with Crippen molar-refractivity contribution in [1.82, 2.24) is 19.6 Å². The smallest absolute Gasteiger partial charge is 0.157 e. The summed E-state index contributed by atoms with van der Waals surface area (Å²) in [5.41, 5.74) is 3.36. The molecule has 3 aromatic heterocycles. The minimum atomic E-state index is 0.485. The number of rotatable bonds is 4. The van der Waals surface area contributed by atoms with Gasteiger partial charge < -0.3 is 5.32 Å². The molecule has 0 unspecified atom stereocenters. The van der Waals surface area contributed by atoms with Gasteiger partial charge in [-0.15, -0.1) is 0 Å². The van der Waals surface area contributed by atoms with Crippen molar-refractivity contribution in [3.63, 3.8) is 0 Å². The SMILES string of the molecule is Clc1cccc(-c2cc3nccc(NCc4ccncc4)n3n2)c1Cl. The van der Waals surface area contributed by atoms with Gasteiger partial charge in [0.15, 0.2) is 5.65 Å². The predicted octanol–water partition coefficient (Wildman–Crippen LogP) is 4.71. The Bertz CT molecular complexity index is 1030. The molecular formula is C18H13Cl2N5. The third kappa shape index (κ3) is 3.16. The van der Waals surface area contributed by atoms with Gasteiger partial charge in [0.2, 0.25) is 0 Å². The zero-order valence-electron chi connectivity index (χ0n) is 13.0. The van der Waals surface area contributed by atoms with Crippen molar-refractivity contribution in [1.29, 1.82) is 0 Å². The molecule has 0 aliphatic carbocycles. The summed E-state index contributed by atoms with van der Waals surface area (Å²) >= 11 is 12.4. The number of hydrogen-bond donors (Lipinski definition) is 1. The average molecular weight is 370 g/mol. The fourth-order valence-electron chi connectivity index (χ4n) is 2.56. The zero-order chi connectivity index (χ0) is 17.2. The van der Waals surface area contributed by atoms with Crippen LogP contribution in [0.2, 0.25) is 10.0 Å². The van der Waals surface area contributed by atoms with Crippen LogP contribution in [0.3, 0.4) is 0 Å². The first-order valence-electron chi connectivity index (χ1n) is 7.64. The van der Waals surface area contributed by atoms with Gasteiger partial charge >= 0.3 is 0 Å². The maximum atomic E-state index is 6.31. The van der Waals surface area contributed by atoms with Crippen molar-refractivity contribution in [2.24, 2.45) is 0 Å². The summed E-state index contributed by atoms with van der Waals surface area (Å²) in [6.07, 6.45) is 5.29. The van der Waals surface area contributed by atoms with Gasteiger partial charge in [0.1, 0.15) is 5.82 Å². The van der Waals surface area contributed by atoms with Crippen molar-refractivity contribution in [2.45, 2.75) is 6.54 Å². The highest BCUT2D eigenvalue weighted by Crippen LogP contribution is 2.33. The molecule has 0 aliphatic heterocycles. The highest BCUT2D eigenvalue weighted by atomic mass is 35.5. The molecule has 0 radical (unpaired) electrons. The summed E-state index contributed by atoms with van der Waals surface area (Å²) in [5.74, 6) is 0.839. The van der Waals surface area contributed by atoms with Crippen LogP contribution in [0, 0.1) is 0 Å². The Hall–Kier alpha value is -2.63. The fourth-order valence-corrected chi connectivity index (χ4v) is 2.95. The minimum absolute atomic E-state index is 0.485. The monoisotopic (exact) mass is 369 g/mol. The molecule has 0 saturated carbocycles. The molecule has 1 aromatic carbocycles. The second-order valence-corrected chi connectivity index (χ2v) is 6.23. The maximum absolute atomic E-state index is 6.31. The summed E-state index contributed by atoms with van der Waals surface area (Å²) < 4.78 is 1.76. The third-order valence-corrected chi connectivity index (χ3v) is 4.63. The van der Waals surface area contributed by atoms with Crippen molar-refractivity contribution in [3.05, 3.63) is 76.7 Å². The zero-order valence-corrected chi connectivity index (χ0v) is 14.5. The number of nitrogens with zero attached hydrogens (tertiary/aromatic N) is 4. The van der Waals surface area contributed by atoms with Crippen molar-refractivity contribution in [2.75, 3.05) is 5.32 Å². The minimum Gasteiger partial charge on any atom is -0.366 e. The van der Waals surface area contributed by atoms with Gasteiger partial charge in [-0.25, -0.2) is 4.98 Å². The summed E-state index contributed by atoms with van der Waals surface area (Å²) in [5, 5.41) is 8.99. The van der Waals surface area contributed by atoms with E-state index < -0.39 is 0 Å². The Morgan fingerprint density at radius 1 is 1.00 bits per heavy atom. The van der Waals surface area contributed by atoms with Gasteiger partial charge in [0.25, 0.3) is 0 Å². The number of hydrogen-bond acceptors (Lipinski definition) is 4. The van der Waals surface area contributed by atoms with Crippen LogP contribution in [0.1, 0.15) is 5.56 Å². The molecule has 4 rings (SSSR count). The summed E-state index contributed by atoms with van der Waals surface area (Å²) in [7, 11) is 0. The number of fused-ring (bicyclic) bond motifs is 1. The van der Waals surface area contributed by atoms with Crippen LogP contribution in [0.5, 0.6) is 0 Å². The van der Waals surface area contributed by atoms with Gasteiger partial charge in [0, 0.05) is 36.8 Å². The number of nitrogens with one attached hydrogen (secondary N) is 1. The van der Waals surface area contributed by atoms with Gasteiger partial charge in [-0.2, -0.15) is 9.61 Å². The summed E-state index contributed by atoms with van der Waals surface area (Å²) in [6, 6.07) is 13.2. The average Bonchev–Trinajstić information content (AvgIpc) is 3.07. The van der Waals surface area contributed by atoms with Gasteiger partial charge in [-0.05, 0) is 29.8 Å². The number of benzene rings is 1. The molecule has 0 aliphatic rings. The van der Waals surface area contributed by atoms with Crippen LogP contribution >= 0.6 is 23.2 Å². The van der Waals surface area contributed by atoms with Crippen LogP contribution in [0.25, 0.3) is 16.9 Å². The maximum Gasteiger partial charge on any atom is 0.157 e. The first-order chi connectivity index (χ1) is 12.2. The van der Waals surface area contributed by atoms with Gasteiger partial charge in [-0.1, -0.05) is 35.3 Å². The largest absolute Gasteiger partial charge is 0.366 e. The summed E-state index contributed by atoms with van der Waals surface area (Å²) in [4.78, 5) is 8.39. The second-order valence-electron chi connectivity index (χ2n) is 5.44. The molecule has 3 heterocycles. The van der Waals surface area contributed by atoms with Crippen LogP contribution in [-0.2, 0) is 6.54 Å². The predicted molar refractivity (Wildman–Crippen MR) is 100 cm³/mol. The molecule has 0 amide bonds. The molecule has 5 nitrogen and oxygen atoms in total. The van der Waals surface area contributed by atoms with Gasteiger partial charge in [0.05, 0.1) is 15.7 Å². The van der Waals surface area contributed by atoms with E-state index in [0.717, 1.165) is 28.3 Å². The lowest BCUT2D eigenvalue weighted by atomic mass is 10.1.